The van der Waals surface area contributed by atoms with Gasteiger partial charge in [0.2, 0.25) is 0 Å². The molecule has 4 aromatic rings. The lowest BCUT2D eigenvalue weighted by Crippen LogP contribution is -2.44. The van der Waals surface area contributed by atoms with Gasteiger partial charge < -0.3 is 4.74 Å². The van der Waals surface area contributed by atoms with Crippen LogP contribution in [0.3, 0.4) is 0 Å². The van der Waals surface area contributed by atoms with E-state index in [1.807, 2.05) is 29.2 Å². The minimum absolute atomic E-state index is 0.0386. The smallest absolute Gasteiger partial charge is 0.250 e. The highest BCUT2D eigenvalue weighted by Crippen LogP contribution is 2.33. The largest absolute Gasteiger partial charge is 0.379 e. The SMILES string of the molecule is Cc1ccc(C)c2sc(N(CCN3CCOCC3)C(=O)Cn3nnc4ccccc43)nc12. The normalized spacial score (nSPS) is 14.9. The number of aromatic nitrogens is 4. The lowest BCUT2D eigenvalue weighted by molar-refractivity contribution is -0.119. The number of aryl methyl sites for hydroxylation is 2. The van der Waals surface area contributed by atoms with Crippen molar-refractivity contribution in [2.75, 3.05) is 44.3 Å². The fraction of sp³-hybridized carbons (Fsp3) is 0.391. The number of ether oxygens (including phenoxy) is 1. The quantitative estimate of drug-likeness (QED) is 0.450. The van der Waals surface area contributed by atoms with Gasteiger partial charge in [0.25, 0.3) is 5.91 Å². The number of benzene rings is 2. The summed E-state index contributed by atoms with van der Waals surface area (Å²) in [6, 6.07) is 11.9. The van der Waals surface area contributed by atoms with E-state index in [0.29, 0.717) is 6.54 Å². The Labute approximate surface area is 190 Å². The number of carbonyl (C=O) groups excluding carboxylic acids is 1. The predicted octanol–water partition coefficient (Wildman–Crippen LogP) is 3.02. The van der Waals surface area contributed by atoms with Gasteiger partial charge in [-0.05, 0) is 37.1 Å². The van der Waals surface area contributed by atoms with Crippen molar-refractivity contribution in [3.05, 3.63) is 47.5 Å². The van der Waals surface area contributed by atoms with Crippen molar-refractivity contribution in [1.29, 1.82) is 0 Å². The summed E-state index contributed by atoms with van der Waals surface area (Å²) in [7, 11) is 0. The van der Waals surface area contributed by atoms with E-state index in [-0.39, 0.29) is 12.5 Å². The van der Waals surface area contributed by atoms with Gasteiger partial charge in [0.05, 0.1) is 28.9 Å². The van der Waals surface area contributed by atoms with E-state index in [9.17, 15) is 4.79 Å². The molecular weight excluding hydrogens is 424 g/mol. The Morgan fingerprint density at radius 1 is 1.12 bits per heavy atom. The number of anilines is 1. The Morgan fingerprint density at radius 2 is 1.91 bits per heavy atom. The maximum atomic E-state index is 13.5. The molecule has 0 unspecified atom stereocenters. The average molecular weight is 451 g/mol. The van der Waals surface area contributed by atoms with Gasteiger partial charge in [0.15, 0.2) is 5.13 Å². The maximum absolute atomic E-state index is 13.5. The number of fused-ring (bicyclic) bond motifs is 2. The van der Waals surface area contributed by atoms with Gasteiger partial charge >= 0.3 is 0 Å². The number of rotatable bonds is 6. The fourth-order valence-electron chi connectivity index (χ4n) is 4.00. The van der Waals surface area contributed by atoms with E-state index in [0.717, 1.165) is 64.8 Å². The van der Waals surface area contributed by atoms with Crippen LogP contribution in [0, 0.1) is 13.8 Å². The Balaban J connectivity index is 1.45. The van der Waals surface area contributed by atoms with Crippen molar-refractivity contribution in [2.24, 2.45) is 0 Å². The zero-order chi connectivity index (χ0) is 22.1. The lowest BCUT2D eigenvalue weighted by Gasteiger charge is -2.29. The molecule has 166 valence electrons. The number of morpholine rings is 1. The van der Waals surface area contributed by atoms with E-state index >= 15 is 0 Å². The number of para-hydroxylation sites is 1. The minimum Gasteiger partial charge on any atom is -0.379 e. The van der Waals surface area contributed by atoms with Crippen molar-refractivity contribution in [3.63, 3.8) is 0 Å². The van der Waals surface area contributed by atoms with Crippen LogP contribution in [0.5, 0.6) is 0 Å². The zero-order valence-electron chi connectivity index (χ0n) is 18.3. The first kappa shape index (κ1) is 21.0. The summed E-state index contributed by atoms with van der Waals surface area (Å²) < 4.78 is 8.27. The highest BCUT2D eigenvalue weighted by atomic mass is 32.1. The fourth-order valence-corrected chi connectivity index (χ4v) is 5.16. The first-order valence-corrected chi connectivity index (χ1v) is 11.7. The predicted molar refractivity (Wildman–Crippen MR) is 126 cm³/mol. The number of carbonyl (C=O) groups is 1. The molecule has 5 rings (SSSR count). The molecule has 1 amide bonds. The van der Waals surface area contributed by atoms with Crippen molar-refractivity contribution in [2.45, 2.75) is 20.4 Å². The van der Waals surface area contributed by atoms with E-state index in [4.69, 9.17) is 9.72 Å². The molecule has 0 saturated carbocycles. The highest BCUT2D eigenvalue weighted by Gasteiger charge is 2.23. The monoisotopic (exact) mass is 450 g/mol. The third-order valence-electron chi connectivity index (χ3n) is 5.91. The van der Waals surface area contributed by atoms with Gasteiger partial charge in [-0.3, -0.25) is 14.6 Å². The summed E-state index contributed by atoms with van der Waals surface area (Å²) in [6.45, 7) is 8.86. The summed E-state index contributed by atoms with van der Waals surface area (Å²) >= 11 is 1.58. The number of hydrogen-bond donors (Lipinski definition) is 0. The molecule has 0 bridgehead atoms. The molecule has 0 radical (unpaired) electrons. The van der Waals surface area contributed by atoms with Crippen LogP contribution in [0.15, 0.2) is 36.4 Å². The van der Waals surface area contributed by atoms with Gasteiger partial charge in [-0.25, -0.2) is 9.67 Å². The van der Waals surface area contributed by atoms with E-state index in [1.165, 1.54) is 5.56 Å². The van der Waals surface area contributed by atoms with Crippen molar-refractivity contribution < 1.29 is 9.53 Å². The molecular formula is C23H26N6O2S. The molecule has 0 N–H and O–H groups in total. The second-order valence-electron chi connectivity index (χ2n) is 8.11. The molecule has 2 aromatic heterocycles. The molecule has 1 saturated heterocycles. The van der Waals surface area contributed by atoms with Crippen LogP contribution in [0.4, 0.5) is 5.13 Å². The van der Waals surface area contributed by atoms with Crippen molar-refractivity contribution in [1.82, 2.24) is 24.9 Å². The van der Waals surface area contributed by atoms with Crippen LogP contribution in [-0.4, -0.2) is 70.2 Å². The van der Waals surface area contributed by atoms with E-state index in [1.54, 1.807) is 16.0 Å². The standard InChI is InChI=1S/C23H26N6O2S/c1-16-7-8-17(2)22-21(16)24-23(32-22)28(10-9-27-11-13-31-14-12-27)20(30)15-29-19-6-4-3-5-18(19)25-26-29/h3-8H,9-15H2,1-2H3. The first-order valence-electron chi connectivity index (χ1n) is 10.9. The molecule has 1 fully saturated rings. The summed E-state index contributed by atoms with van der Waals surface area (Å²) in [5.74, 6) is -0.0386. The van der Waals surface area contributed by atoms with Crippen LogP contribution >= 0.6 is 11.3 Å². The Bertz CT molecular complexity index is 1220. The molecule has 3 heterocycles. The molecule has 0 spiro atoms. The highest BCUT2D eigenvalue weighted by molar-refractivity contribution is 7.22. The average Bonchev–Trinajstić information content (AvgIpc) is 3.43. The van der Waals surface area contributed by atoms with Crippen LogP contribution < -0.4 is 4.90 Å². The van der Waals surface area contributed by atoms with Crippen LogP contribution in [0.1, 0.15) is 11.1 Å². The zero-order valence-corrected chi connectivity index (χ0v) is 19.1. The van der Waals surface area contributed by atoms with Gasteiger partial charge in [0, 0.05) is 26.2 Å². The molecule has 2 aromatic carbocycles. The van der Waals surface area contributed by atoms with Crippen molar-refractivity contribution >= 4 is 43.6 Å². The molecule has 1 aliphatic rings. The van der Waals surface area contributed by atoms with E-state index in [2.05, 4.69) is 41.2 Å². The number of amides is 1. The maximum Gasteiger partial charge on any atom is 0.250 e. The summed E-state index contributed by atoms with van der Waals surface area (Å²) in [4.78, 5) is 22.6. The summed E-state index contributed by atoms with van der Waals surface area (Å²) in [6.07, 6.45) is 0. The molecule has 8 nitrogen and oxygen atoms in total. The van der Waals surface area contributed by atoms with E-state index < -0.39 is 0 Å². The van der Waals surface area contributed by atoms with Crippen LogP contribution in [0.2, 0.25) is 0 Å². The van der Waals surface area contributed by atoms with Crippen LogP contribution in [-0.2, 0) is 16.1 Å². The third kappa shape index (κ3) is 4.11. The Hall–Kier alpha value is -2.88. The van der Waals surface area contributed by atoms with Gasteiger partial charge in [0.1, 0.15) is 12.1 Å². The molecule has 9 heteroatoms. The third-order valence-corrected chi connectivity index (χ3v) is 7.13. The van der Waals surface area contributed by atoms with Crippen molar-refractivity contribution in [3.8, 4) is 0 Å². The lowest BCUT2D eigenvalue weighted by atomic mass is 10.1. The van der Waals surface area contributed by atoms with Gasteiger partial charge in [-0.2, -0.15) is 0 Å². The topological polar surface area (TPSA) is 76.4 Å². The minimum atomic E-state index is -0.0386. The number of thiazole rings is 1. The second-order valence-corrected chi connectivity index (χ2v) is 9.09. The Morgan fingerprint density at radius 3 is 2.72 bits per heavy atom. The van der Waals surface area contributed by atoms with Gasteiger partial charge in [-0.1, -0.05) is 40.8 Å². The molecule has 32 heavy (non-hydrogen) atoms. The molecule has 0 atom stereocenters. The summed E-state index contributed by atoms with van der Waals surface area (Å²) in [5, 5.41) is 9.13. The molecule has 0 aliphatic carbocycles. The Kier molecular flexibility index (Phi) is 5.86. The first-order chi connectivity index (χ1) is 15.6. The number of hydrogen-bond acceptors (Lipinski definition) is 7. The second kappa shape index (κ2) is 8.93. The van der Waals surface area contributed by atoms with Crippen LogP contribution in [0.25, 0.3) is 21.3 Å². The molecule has 1 aliphatic heterocycles. The number of nitrogens with zero attached hydrogens (tertiary/aromatic N) is 6. The van der Waals surface area contributed by atoms with Gasteiger partial charge in [-0.15, -0.1) is 5.10 Å². The summed E-state index contributed by atoms with van der Waals surface area (Å²) in [5.41, 5.74) is 4.91.